The average molecular weight is 393 g/mol. The number of hydrogen-bond acceptors (Lipinski definition) is 7. The van der Waals surface area contributed by atoms with Gasteiger partial charge < -0.3 is 19.1 Å². The van der Waals surface area contributed by atoms with E-state index in [-0.39, 0.29) is 5.91 Å². The van der Waals surface area contributed by atoms with Gasteiger partial charge in [-0.3, -0.25) is 4.79 Å². The summed E-state index contributed by atoms with van der Waals surface area (Å²) in [5.74, 6) is 2.19. The van der Waals surface area contributed by atoms with Crippen molar-refractivity contribution in [2.24, 2.45) is 0 Å². The minimum absolute atomic E-state index is 0.0987. The lowest BCUT2D eigenvalue weighted by Gasteiger charge is -2.34. The first-order valence-electron chi connectivity index (χ1n) is 9.68. The van der Waals surface area contributed by atoms with Gasteiger partial charge in [-0.2, -0.15) is 0 Å². The van der Waals surface area contributed by atoms with Crippen molar-refractivity contribution >= 4 is 11.7 Å². The first kappa shape index (κ1) is 18.9. The van der Waals surface area contributed by atoms with Gasteiger partial charge in [-0.15, -0.1) is 10.2 Å². The van der Waals surface area contributed by atoms with Crippen molar-refractivity contribution < 1.29 is 14.1 Å². The Hall–Kier alpha value is -3.42. The lowest BCUT2D eigenvalue weighted by Crippen LogP contribution is -2.49. The number of nitrogens with zero attached hydrogens (tertiary/aromatic N) is 5. The predicted octanol–water partition coefficient (Wildman–Crippen LogP) is 2.80. The fourth-order valence-electron chi connectivity index (χ4n) is 3.30. The summed E-state index contributed by atoms with van der Waals surface area (Å²) in [5.41, 5.74) is 2.16. The molecule has 0 radical (unpaired) electrons. The molecule has 1 aliphatic heterocycles. The minimum Gasteiger partial charge on any atom is -0.494 e. The Labute approximate surface area is 169 Å². The molecular formula is C21H23N5O3. The number of carbonyl (C=O) groups is 1. The molecule has 0 unspecified atom stereocenters. The molecule has 1 aliphatic rings. The van der Waals surface area contributed by atoms with Crippen LogP contribution in [-0.2, 0) is 0 Å². The topological polar surface area (TPSA) is 84.6 Å². The lowest BCUT2D eigenvalue weighted by atomic mass is 10.1. The molecule has 1 saturated heterocycles. The molecular weight excluding hydrogens is 370 g/mol. The first-order valence-corrected chi connectivity index (χ1v) is 9.68. The van der Waals surface area contributed by atoms with E-state index in [0.717, 1.165) is 22.8 Å². The van der Waals surface area contributed by atoms with Crippen molar-refractivity contribution in [2.75, 3.05) is 37.7 Å². The van der Waals surface area contributed by atoms with E-state index >= 15 is 0 Å². The van der Waals surface area contributed by atoms with Crippen LogP contribution in [0.25, 0.3) is 11.3 Å². The summed E-state index contributed by atoms with van der Waals surface area (Å²) in [6, 6.07) is 13.4. The molecule has 0 aliphatic carbocycles. The molecule has 2 aromatic heterocycles. The third-order valence-electron chi connectivity index (χ3n) is 4.85. The predicted molar refractivity (Wildman–Crippen MR) is 108 cm³/mol. The highest BCUT2D eigenvalue weighted by molar-refractivity contribution is 5.92. The Kier molecular flexibility index (Phi) is 5.41. The van der Waals surface area contributed by atoms with E-state index < -0.39 is 0 Å². The molecule has 29 heavy (non-hydrogen) atoms. The van der Waals surface area contributed by atoms with Gasteiger partial charge in [0, 0.05) is 37.8 Å². The van der Waals surface area contributed by atoms with Crippen LogP contribution >= 0.6 is 0 Å². The normalized spacial score (nSPS) is 14.1. The van der Waals surface area contributed by atoms with E-state index in [2.05, 4.69) is 20.3 Å². The van der Waals surface area contributed by atoms with Gasteiger partial charge in [0.05, 0.1) is 12.3 Å². The molecule has 0 N–H and O–H groups in total. The van der Waals surface area contributed by atoms with Crippen LogP contribution in [0.2, 0.25) is 0 Å². The zero-order chi connectivity index (χ0) is 20.2. The van der Waals surface area contributed by atoms with Crippen LogP contribution in [0.15, 0.2) is 47.0 Å². The van der Waals surface area contributed by atoms with E-state index in [1.165, 1.54) is 0 Å². The molecule has 1 amide bonds. The zero-order valence-corrected chi connectivity index (χ0v) is 16.5. The largest absolute Gasteiger partial charge is 0.494 e. The molecule has 1 fully saturated rings. The summed E-state index contributed by atoms with van der Waals surface area (Å²) in [7, 11) is 0. The van der Waals surface area contributed by atoms with Gasteiger partial charge in [0.2, 0.25) is 0 Å². The van der Waals surface area contributed by atoms with Crippen molar-refractivity contribution in [1.82, 2.24) is 20.3 Å². The number of ether oxygens (including phenoxy) is 1. The highest BCUT2D eigenvalue weighted by atomic mass is 16.5. The van der Waals surface area contributed by atoms with Crippen molar-refractivity contribution in [3.05, 3.63) is 53.9 Å². The molecule has 8 nitrogen and oxygen atoms in total. The third kappa shape index (κ3) is 4.21. The standard InChI is InChI=1S/C21H23N5O3/c1-3-28-17-6-4-16(5-7-17)18-8-9-20(23-22-18)25-10-12-26(13-11-25)21(27)19-14-15(2)29-24-19/h4-9,14H,3,10-13H2,1-2H3. The van der Waals surface area contributed by atoms with Crippen molar-refractivity contribution in [1.29, 1.82) is 0 Å². The monoisotopic (exact) mass is 393 g/mol. The number of anilines is 1. The molecule has 0 spiro atoms. The first-order chi connectivity index (χ1) is 14.1. The van der Waals surface area contributed by atoms with Crippen LogP contribution in [0.4, 0.5) is 5.82 Å². The fraction of sp³-hybridized carbons (Fsp3) is 0.333. The number of piperazine rings is 1. The molecule has 150 valence electrons. The fourth-order valence-corrected chi connectivity index (χ4v) is 3.30. The highest BCUT2D eigenvalue weighted by Crippen LogP contribution is 2.22. The molecule has 1 aromatic carbocycles. The number of amides is 1. The van der Waals surface area contributed by atoms with Crippen LogP contribution in [0.1, 0.15) is 23.2 Å². The van der Waals surface area contributed by atoms with Gasteiger partial charge >= 0.3 is 0 Å². The number of rotatable bonds is 5. The number of hydrogen-bond donors (Lipinski definition) is 0. The second-order valence-corrected chi connectivity index (χ2v) is 6.84. The molecule has 0 atom stereocenters. The minimum atomic E-state index is -0.0987. The lowest BCUT2D eigenvalue weighted by molar-refractivity contribution is 0.0736. The van der Waals surface area contributed by atoms with E-state index in [9.17, 15) is 4.79 Å². The number of aromatic nitrogens is 3. The van der Waals surface area contributed by atoms with Gasteiger partial charge in [-0.1, -0.05) is 5.16 Å². The second kappa shape index (κ2) is 8.30. The van der Waals surface area contributed by atoms with E-state index in [1.807, 2.05) is 43.3 Å². The smallest absolute Gasteiger partial charge is 0.276 e. The molecule has 8 heteroatoms. The number of aryl methyl sites for hydroxylation is 1. The molecule has 3 aromatic rings. The molecule has 4 rings (SSSR count). The second-order valence-electron chi connectivity index (χ2n) is 6.84. The van der Waals surface area contributed by atoms with Crippen molar-refractivity contribution in [3.8, 4) is 17.0 Å². The Morgan fingerprint density at radius 1 is 1.07 bits per heavy atom. The Balaban J connectivity index is 1.37. The van der Waals surface area contributed by atoms with Crippen LogP contribution in [-0.4, -0.2) is 58.9 Å². The summed E-state index contributed by atoms with van der Waals surface area (Å²) < 4.78 is 10.5. The molecule has 3 heterocycles. The Bertz CT molecular complexity index is 961. The van der Waals surface area contributed by atoms with Gasteiger partial charge in [0.1, 0.15) is 11.5 Å². The van der Waals surface area contributed by atoms with E-state index in [0.29, 0.717) is 44.2 Å². The number of benzene rings is 1. The van der Waals surface area contributed by atoms with Gasteiger partial charge in [-0.25, -0.2) is 0 Å². The molecule has 0 saturated carbocycles. The highest BCUT2D eigenvalue weighted by Gasteiger charge is 2.25. The summed E-state index contributed by atoms with van der Waals surface area (Å²) in [4.78, 5) is 16.4. The van der Waals surface area contributed by atoms with Crippen LogP contribution in [0.3, 0.4) is 0 Å². The Morgan fingerprint density at radius 2 is 1.83 bits per heavy atom. The van der Waals surface area contributed by atoms with Crippen molar-refractivity contribution in [2.45, 2.75) is 13.8 Å². The summed E-state index contributed by atoms with van der Waals surface area (Å²) in [6.45, 7) is 6.98. The van der Waals surface area contributed by atoms with E-state index in [4.69, 9.17) is 9.26 Å². The summed E-state index contributed by atoms with van der Waals surface area (Å²) in [6.07, 6.45) is 0. The maximum atomic E-state index is 12.5. The average Bonchev–Trinajstić information content (AvgIpc) is 3.21. The molecule has 0 bridgehead atoms. The number of carbonyl (C=O) groups excluding carboxylic acids is 1. The van der Waals surface area contributed by atoms with Crippen LogP contribution < -0.4 is 9.64 Å². The SMILES string of the molecule is CCOc1ccc(-c2ccc(N3CCN(C(=O)c4cc(C)on4)CC3)nn2)cc1. The third-order valence-corrected chi connectivity index (χ3v) is 4.85. The maximum Gasteiger partial charge on any atom is 0.276 e. The van der Waals surface area contributed by atoms with E-state index in [1.54, 1.807) is 17.9 Å². The summed E-state index contributed by atoms with van der Waals surface area (Å²) in [5, 5.41) is 12.6. The van der Waals surface area contributed by atoms with Crippen molar-refractivity contribution in [3.63, 3.8) is 0 Å². The summed E-state index contributed by atoms with van der Waals surface area (Å²) >= 11 is 0. The van der Waals surface area contributed by atoms with Gasteiger partial charge in [0.15, 0.2) is 11.5 Å². The Morgan fingerprint density at radius 3 is 2.41 bits per heavy atom. The quantitative estimate of drug-likeness (QED) is 0.659. The van der Waals surface area contributed by atoms with Crippen LogP contribution in [0.5, 0.6) is 5.75 Å². The van der Waals surface area contributed by atoms with Gasteiger partial charge in [0.25, 0.3) is 5.91 Å². The zero-order valence-electron chi connectivity index (χ0n) is 16.5. The van der Waals surface area contributed by atoms with Gasteiger partial charge in [-0.05, 0) is 50.2 Å². The maximum absolute atomic E-state index is 12.5. The van der Waals surface area contributed by atoms with Crippen LogP contribution in [0, 0.1) is 6.92 Å².